The third-order valence-corrected chi connectivity index (χ3v) is 14.6. The molecular formula is C46H54Cl2FN9O4. The number of hydrogen-bond acceptors (Lipinski definition) is 8. The molecule has 9 rings (SSSR count). The van der Waals surface area contributed by atoms with E-state index in [1.54, 1.807) is 30.5 Å². The Morgan fingerprint density at radius 2 is 1.74 bits per heavy atom. The van der Waals surface area contributed by atoms with Gasteiger partial charge in [-0.3, -0.25) is 34.3 Å². The van der Waals surface area contributed by atoms with Crippen LogP contribution < -0.4 is 36.8 Å². The summed E-state index contributed by atoms with van der Waals surface area (Å²) in [5.74, 6) is -1.00. The van der Waals surface area contributed by atoms with Crippen LogP contribution in [0.4, 0.5) is 26.4 Å². The lowest BCUT2D eigenvalue weighted by atomic mass is 9.55. The van der Waals surface area contributed by atoms with Crippen molar-refractivity contribution in [3.05, 3.63) is 87.9 Å². The monoisotopic (exact) mass is 885 g/mol. The van der Waals surface area contributed by atoms with Crippen LogP contribution in [0, 0.1) is 11.7 Å². The van der Waals surface area contributed by atoms with E-state index in [0.29, 0.717) is 41.8 Å². The van der Waals surface area contributed by atoms with Crippen LogP contribution >= 0.6 is 23.2 Å². The summed E-state index contributed by atoms with van der Waals surface area (Å²) in [7, 11) is 0. The van der Waals surface area contributed by atoms with Gasteiger partial charge >= 0.3 is 6.03 Å². The van der Waals surface area contributed by atoms with Crippen molar-refractivity contribution in [3.8, 4) is 0 Å². The van der Waals surface area contributed by atoms with E-state index in [2.05, 4.69) is 36.9 Å². The van der Waals surface area contributed by atoms with Crippen molar-refractivity contribution in [3.63, 3.8) is 0 Å². The van der Waals surface area contributed by atoms with Gasteiger partial charge in [0.15, 0.2) is 0 Å². The number of amides is 5. The minimum atomic E-state index is -1.25. The van der Waals surface area contributed by atoms with Gasteiger partial charge in [-0.1, -0.05) is 67.1 Å². The van der Waals surface area contributed by atoms with E-state index in [1.165, 1.54) is 11.0 Å². The minimum absolute atomic E-state index is 0.0142. The topological polar surface area (TPSA) is 161 Å². The fraction of sp³-hybridized carbons (Fsp3) is 0.500. The quantitative estimate of drug-likeness (QED) is 0.0757. The first kappa shape index (κ1) is 42.5. The van der Waals surface area contributed by atoms with Gasteiger partial charge in [0.05, 0.1) is 17.3 Å². The highest BCUT2D eigenvalue weighted by molar-refractivity contribution is 6.31. The second kappa shape index (κ2) is 17.8. The number of pyridine rings is 1. The molecule has 2 saturated carbocycles. The standard InChI is InChI=1S/C46H54Cl2FN9O4/c47-29-12-15-33-35(24-29)54-43(61)46(33)39(32-8-7-9-34(48)40(32)49)41(56-45(46)18-3-1-4-19-45)42(60)53-30-13-10-28(11-14-30)26-50-20-5-2-6-21-51-31-16-22-57-36(25-31)52-27-38(57)58-23-17-37(59)55-44(58)62/h7-9,12,15-16,22,24-25,27-28,30,39,41,50-51,56H,1-6,10-11,13-14,17-21,23,26H2,(H,53,60)(H,54,61)(H,55,59,62)/t28?,30?,39-,41?,46+/m0/s1. The maximum Gasteiger partial charge on any atom is 0.329 e. The highest BCUT2D eigenvalue weighted by atomic mass is 35.5. The third kappa shape index (κ3) is 7.81. The second-order valence-corrected chi connectivity index (χ2v) is 18.6. The van der Waals surface area contributed by atoms with Gasteiger partial charge in [0, 0.05) is 65.7 Å². The average molecular weight is 887 g/mol. The number of fused-ring (bicyclic) bond motifs is 4. The van der Waals surface area contributed by atoms with Crippen molar-refractivity contribution in [2.45, 2.75) is 112 Å². The fourth-order valence-corrected chi connectivity index (χ4v) is 11.5. The second-order valence-electron chi connectivity index (χ2n) is 17.8. The number of aromatic nitrogens is 2. The van der Waals surface area contributed by atoms with Gasteiger partial charge in [-0.15, -0.1) is 0 Å². The highest BCUT2D eigenvalue weighted by Gasteiger charge is 2.72. The summed E-state index contributed by atoms with van der Waals surface area (Å²) in [6.07, 6.45) is 14.8. The number of hydrogen-bond donors (Lipinski definition) is 6. The third-order valence-electron chi connectivity index (χ3n) is 14.1. The zero-order valence-electron chi connectivity index (χ0n) is 34.7. The Bertz CT molecular complexity index is 2360. The van der Waals surface area contributed by atoms with Crippen molar-refractivity contribution >= 4 is 69.8 Å². The lowest BCUT2D eigenvalue weighted by molar-refractivity contribution is -0.125. The van der Waals surface area contributed by atoms with E-state index in [-0.39, 0.29) is 40.8 Å². The van der Waals surface area contributed by atoms with Crippen LogP contribution in [0.15, 0.2) is 60.9 Å². The number of imidazole rings is 1. The Labute approximate surface area is 370 Å². The molecule has 2 aromatic heterocycles. The van der Waals surface area contributed by atoms with Crippen LogP contribution in [0.1, 0.15) is 101 Å². The molecule has 2 aliphatic carbocycles. The average Bonchev–Trinajstić information content (AvgIpc) is 3.90. The van der Waals surface area contributed by atoms with Crippen molar-refractivity contribution in [2.75, 3.05) is 41.7 Å². The minimum Gasteiger partial charge on any atom is -0.385 e. The zero-order valence-corrected chi connectivity index (χ0v) is 36.2. The molecule has 4 aromatic rings. The molecule has 5 amide bonds. The first-order chi connectivity index (χ1) is 30.1. The number of nitrogens with zero attached hydrogens (tertiary/aromatic N) is 3. The summed E-state index contributed by atoms with van der Waals surface area (Å²) in [5, 5.41) is 20.1. The number of urea groups is 1. The predicted octanol–water partition coefficient (Wildman–Crippen LogP) is 7.42. The molecule has 4 fully saturated rings. The lowest BCUT2D eigenvalue weighted by Gasteiger charge is -2.47. The van der Waals surface area contributed by atoms with E-state index < -0.39 is 34.8 Å². The largest absolute Gasteiger partial charge is 0.385 e. The molecule has 3 atom stereocenters. The molecule has 3 aliphatic heterocycles. The summed E-state index contributed by atoms with van der Waals surface area (Å²) in [6.45, 7) is 3.03. The van der Waals surface area contributed by atoms with Crippen molar-refractivity contribution in [1.29, 1.82) is 0 Å². The maximum atomic E-state index is 16.3. The molecule has 0 radical (unpaired) electrons. The Kier molecular flexibility index (Phi) is 12.2. The highest BCUT2D eigenvalue weighted by Crippen LogP contribution is 2.62. The van der Waals surface area contributed by atoms with Gasteiger partial charge in [0.1, 0.15) is 22.7 Å². The smallest absolute Gasteiger partial charge is 0.329 e. The molecule has 16 heteroatoms. The molecule has 5 aliphatic rings. The molecule has 2 spiro atoms. The molecule has 13 nitrogen and oxygen atoms in total. The molecule has 5 heterocycles. The van der Waals surface area contributed by atoms with Gasteiger partial charge in [0.25, 0.3) is 0 Å². The van der Waals surface area contributed by atoms with Crippen LogP contribution in [-0.2, 0) is 19.8 Å². The fourth-order valence-electron chi connectivity index (χ4n) is 11.2. The molecule has 2 aromatic carbocycles. The van der Waals surface area contributed by atoms with Crippen molar-refractivity contribution in [2.24, 2.45) is 5.92 Å². The zero-order chi connectivity index (χ0) is 43.0. The summed E-state index contributed by atoms with van der Waals surface area (Å²) in [6, 6.07) is 12.9. The van der Waals surface area contributed by atoms with Gasteiger partial charge in [-0.25, -0.2) is 14.2 Å². The van der Waals surface area contributed by atoms with Crippen LogP contribution in [0.5, 0.6) is 0 Å². The Balaban J connectivity index is 0.758. The van der Waals surface area contributed by atoms with Crippen LogP contribution in [0.25, 0.3) is 5.65 Å². The summed E-state index contributed by atoms with van der Waals surface area (Å²) >= 11 is 12.8. The van der Waals surface area contributed by atoms with E-state index in [0.717, 1.165) is 101 Å². The predicted molar refractivity (Wildman–Crippen MR) is 238 cm³/mol. The number of carbonyl (C=O) groups excluding carboxylic acids is 4. The van der Waals surface area contributed by atoms with Crippen molar-refractivity contribution in [1.82, 2.24) is 30.7 Å². The number of carbonyl (C=O) groups is 4. The molecule has 328 valence electrons. The number of nitrogens with one attached hydrogen (secondary N) is 6. The SMILES string of the molecule is O=C1CCN(c2cnc3cc(NCCCCCNCC4CCC(NC(=O)C5NC6(CCCCC6)[C@@]6(C(=O)Nc7cc(Cl)ccc76)[C@H]5c5cccc(Cl)c5F)CC4)ccn23)C(=O)N1. The number of unbranched alkanes of at least 4 members (excludes halogenated alkanes) is 2. The molecule has 2 saturated heterocycles. The van der Waals surface area contributed by atoms with E-state index in [1.807, 2.05) is 28.8 Å². The number of anilines is 3. The summed E-state index contributed by atoms with van der Waals surface area (Å²) in [5.41, 5.74) is 1.29. The maximum absolute atomic E-state index is 16.3. The molecule has 6 N–H and O–H groups in total. The van der Waals surface area contributed by atoms with E-state index in [9.17, 15) is 19.2 Å². The van der Waals surface area contributed by atoms with E-state index in [4.69, 9.17) is 23.2 Å². The van der Waals surface area contributed by atoms with Crippen molar-refractivity contribution < 1.29 is 23.6 Å². The van der Waals surface area contributed by atoms with Crippen LogP contribution in [-0.4, -0.2) is 76.9 Å². The molecular weight excluding hydrogens is 832 g/mol. The van der Waals surface area contributed by atoms with Crippen LogP contribution in [0.2, 0.25) is 10.0 Å². The number of imide groups is 1. The number of halogens is 3. The van der Waals surface area contributed by atoms with E-state index >= 15 is 4.39 Å². The Morgan fingerprint density at radius 1 is 0.935 bits per heavy atom. The van der Waals surface area contributed by atoms with Crippen LogP contribution in [0.3, 0.4) is 0 Å². The number of rotatable bonds is 13. The van der Waals surface area contributed by atoms with Gasteiger partial charge in [0.2, 0.25) is 17.7 Å². The molecule has 1 unspecified atom stereocenters. The first-order valence-electron chi connectivity index (χ1n) is 22.2. The van der Waals surface area contributed by atoms with Gasteiger partial charge < -0.3 is 21.3 Å². The Hall–Kier alpha value is -4.76. The Morgan fingerprint density at radius 3 is 2.55 bits per heavy atom. The molecule has 0 bridgehead atoms. The molecule has 62 heavy (non-hydrogen) atoms. The number of benzene rings is 2. The summed E-state index contributed by atoms with van der Waals surface area (Å²) < 4.78 is 18.1. The van der Waals surface area contributed by atoms with Gasteiger partial charge in [-0.2, -0.15) is 0 Å². The normalized spacial score (nSPS) is 25.6. The summed E-state index contributed by atoms with van der Waals surface area (Å²) in [4.78, 5) is 59.1. The lowest BCUT2D eigenvalue weighted by Crippen LogP contribution is -2.60. The first-order valence-corrected chi connectivity index (χ1v) is 23.0. The van der Waals surface area contributed by atoms with Gasteiger partial charge in [-0.05, 0) is 106 Å².